The fraction of sp³-hybridized carbons (Fsp3) is 0.100. The van der Waals surface area contributed by atoms with Crippen LogP contribution in [0.2, 0.25) is 0 Å². The lowest BCUT2D eigenvalue weighted by atomic mass is 10.1. The average molecular weight is 186 g/mol. The first-order chi connectivity index (χ1) is 6.90. The highest BCUT2D eigenvalue weighted by Gasteiger charge is 1.99. The maximum atomic E-state index is 5.52. The molecule has 4 nitrogen and oxygen atoms in total. The van der Waals surface area contributed by atoms with Crippen molar-refractivity contribution in [3.63, 3.8) is 0 Å². The molecule has 0 aromatic carbocycles. The number of nitrogens with two attached hydrogens (primary N) is 1. The van der Waals surface area contributed by atoms with Crippen LogP contribution in [-0.4, -0.2) is 15.2 Å². The Morgan fingerprint density at radius 3 is 2.71 bits per heavy atom. The van der Waals surface area contributed by atoms with E-state index in [0.29, 0.717) is 6.54 Å². The molecule has 0 saturated heterocycles. The van der Waals surface area contributed by atoms with Gasteiger partial charge in [-0.3, -0.25) is 4.98 Å². The molecule has 0 radical (unpaired) electrons. The van der Waals surface area contributed by atoms with Gasteiger partial charge in [0.1, 0.15) is 0 Å². The van der Waals surface area contributed by atoms with Gasteiger partial charge in [-0.1, -0.05) is 0 Å². The van der Waals surface area contributed by atoms with E-state index in [9.17, 15) is 0 Å². The molecule has 0 unspecified atom stereocenters. The Kier molecular flexibility index (Phi) is 2.46. The molecule has 0 aliphatic rings. The summed E-state index contributed by atoms with van der Waals surface area (Å²) in [6, 6.07) is 5.72. The molecule has 4 heteroatoms. The molecule has 2 heterocycles. The molecular formula is C10H10N4. The van der Waals surface area contributed by atoms with Crippen molar-refractivity contribution in [2.45, 2.75) is 6.54 Å². The van der Waals surface area contributed by atoms with Crippen LogP contribution in [0.1, 0.15) is 5.56 Å². The van der Waals surface area contributed by atoms with Crippen LogP contribution in [0.4, 0.5) is 0 Å². The van der Waals surface area contributed by atoms with Crippen LogP contribution in [0.5, 0.6) is 0 Å². The van der Waals surface area contributed by atoms with Crippen molar-refractivity contribution >= 4 is 0 Å². The summed E-state index contributed by atoms with van der Waals surface area (Å²) in [7, 11) is 0. The van der Waals surface area contributed by atoms with E-state index < -0.39 is 0 Å². The molecule has 0 bridgehead atoms. The number of hydrogen-bond donors (Lipinski definition) is 1. The first kappa shape index (κ1) is 8.77. The first-order valence-electron chi connectivity index (χ1n) is 4.32. The topological polar surface area (TPSA) is 64.7 Å². The second kappa shape index (κ2) is 3.93. The molecule has 2 N–H and O–H groups in total. The average Bonchev–Trinajstić information content (AvgIpc) is 2.30. The highest BCUT2D eigenvalue weighted by Crippen LogP contribution is 2.14. The Morgan fingerprint density at radius 1 is 1.21 bits per heavy atom. The largest absolute Gasteiger partial charge is 0.326 e. The van der Waals surface area contributed by atoms with Gasteiger partial charge in [-0.15, -0.1) is 0 Å². The summed E-state index contributed by atoms with van der Waals surface area (Å²) in [4.78, 5) is 3.94. The maximum Gasteiger partial charge on any atom is 0.0933 e. The van der Waals surface area contributed by atoms with Gasteiger partial charge in [0.15, 0.2) is 0 Å². The summed E-state index contributed by atoms with van der Waals surface area (Å²) >= 11 is 0. The quantitative estimate of drug-likeness (QED) is 0.759. The first-order valence-corrected chi connectivity index (χ1v) is 4.32. The Hall–Kier alpha value is -1.81. The van der Waals surface area contributed by atoms with Gasteiger partial charge in [0.05, 0.1) is 11.9 Å². The second-order valence-corrected chi connectivity index (χ2v) is 2.89. The lowest BCUT2D eigenvalue weighted by molar-refractivity contribution is 0.971. The van der Waals surface area contributed by atoms with Crippen LogP contribution < -0.4 is 5.73 Å². The molecule has 14 heavy (non-hydrogen) atoms. The van der Waals surface area contributed by atoms with Crippen molar-refractivity contribution in [2.75, 3.05) is 0 Å². The van der Waals surface area contributed by atoms with Crippen molar-refractivity contribution in [3.8, 4) is 11.3 Å². The van der Waals surface area contributed by atoms with Crippen LogP contribution in [0.15, 0.2) is 36.8 Å². The fourth-order valence-electron chi connectivity index (χ4n) is 1.18. The highest BCUT2D eigenvalue weighted by atomic mass is 15.1. The molecule has 2 aromatic heterocycles. The summed E-state index contributed by atoms with van der Waals surface area (Å²) < 4.78 is 0. The van der Waals surface area contributed by atoms with E-state index in [1.165, 1.54) is 0 Å². The van der Waals surface area contributed by atoms with Gasteiger partial charge in [0.2, 0.25) is 0 Å². The van der Waals surface area contributed by atoms with Crippen molar-refractivity contribution < 1.29 is 0 Å². The van der Waals surface area contributed by atoms with Gasteiger partial charge >= 0.3 is 0 Å². The standard InChI is InChI=1S/C10H10N4/c11-6-8-5-10(14-13-7-8)9-1-3-12-4-2-9/h1-5,7H,6,11H2. The molecule has 0 amide bonds. The smallest absolute Gasteiger partial charge is 0.0933 e. The van der Waals surface area contributed by atoms with Gasteiger partial charge in [-0.25, -0.2) is 0 Å². The normalized spacial score (nSPS) is 10.1. The van der Waals surface area contributed by atoms with E-state index in [2.05, 4.69) is 15.2 Å². The van der Waals surface area contributed by atoms with E-state index in [-0.39, 0.29) is 0 Å². The molecule has 0 atom stereocenters. The van der Waals surface area contributed by atoms with Gasteiger partial charge in [-0.2, -0.15) is 10.2 Å². The molecule has 0 aliphatic carbocycles. The zero-order valence-corrected chi connectivity index (χ0v) is 7.59. The van der Waals surface area contributed by atoms with E-state index >= 15 is 0 Å². The van der Waals surface area contributed by atoms with Gasteiger partial charge < -0.3 is 5.73 Å². The zero-order chi connectivity index (χ0) is 9.80. The number of pyridine rings is 1. The molecule has 0 aliphatic heterocycles. The van der Waals surface area contributed by atoms with Gasteiger partial charge in [0.25, 0.3) is 0 Å². The minimum absolute atomic E-state index is 0.480. The Balaban J connectivity index is 2.42. The molecule has 0 fully saturated rings. The van der Waals surface area contributed by atoms with Crippen molar-refractivity contribution in [1.82, 2.24) is 15.2 Å². The summed E-state index contributed by atoms with van der Waals surface area (Å²) in [5, 5.41) is 7.91. The molecule has 70 valence electrons. The monoisotopic (exact) mass is 186 g/mol. The number of nitrogens with zero attached hydrogens (tertiary/aromatic N) is 3. The van der Waals surface area contributed by atoms with E-state index in [0.717, 1.165) is 16.8 Å². The van der Waals surface area contributed by atoms with Crippen molar-refractivity contribution in [2.24, 2.45) is 5.73 Å². The lowest BCUT2D eigenvalue weighted by Gasteiger charge is -2.00. The van der Waals surface area contributed by atoms with E-state index in [4.69, 9.17) is 5.73 Å². The summed E-state index contributed by atoms with van der Waals surface area (Å²) in [6.07, 6.45) is 5.13. The molecule has 2 rings (SSSR count). The summed E-state index contributed by atoms with van der Waals surface area (Å²) in [5.41, 5.74) is 8.33. The SMILES string of the molecule is NCc1cnnc(-c2ccncc2)c1. The molecule has 0 saturated carbocycles. The van der Waals surface area contributed by atoms with Crippen molar-refractivity contribution in [3.05, 3.63) is 42.4 Å². The number of rotatable bonds is 2. The summed E-state index contributed by atoms with van der Waals surface area (Å²) in [6.45, 7) is 0.480. The molecule has 0 spiro atoms. The van der Waals surface area contributed by atoms with Crippen molar-refractivity contribution in [1.29, 1.82) is 0 Å². The Labute approximate surface area is 81.8 Å². The predicted octanol–water partition coefficient (Wildman–Crippen LogP) is 0.997. The zero-order valence-electron chi connectivity index (χ0n) is 7.59. The minimum atomic E-state index is 0.480. The van der Waals surface area contributed by atoms with Crippen LogP contribution in [-0.2, 0) is 6.54 Å². The predicted molar refractivity (Wildman–Crippen MR) is 53.2 cm³/mol. The third-order valence-electron chi connectivity index (χ3n) is 1.92. The number of aromatic nitrogens is 3. The summed E-state index contributed by atoms with van der Waals surface area (Å²) in [5.74, 6) is 0. The lowest BCUT2D eigenvalue weighted by Crippen LogP contribution is -1.98. The van der Waals surface area contributed by atoms with Gasteiger partial charge in [-0.05, 0) is 23.8 Å². The molecule has 2 aromatic rings. The van der Waals surface area contributed by atoms with Crippen LogP contribution in [0, 0.1) is 0 Å². The highest BCUT2D eigenvalue weighted by molar-refractivity contribution is 5.57. The number of hydrogen-bond acceptors (Lipinski definition) is 4. The van der Waals surface area contributed by atoms with Gasteiger partial charge in [0, 0.05) is 24.5 Å². The third kappa shape index (κ3) is 1.75. The van der Waals surface area contributed by atoms with Crippen LogP contribution in [0.3, 0.4) is 0 Å². The molecular weight excluding hydrogens is 176 g/mol. The Morgan fingerprint density at radius 2 is 2.00 bits per heavy atom. The third-order valence-corrected chi connectivity index (χ3v) is 1.92. The van der Waals surface area contributed by atoms with Crippen LogP contribution in [0.25, 0.3) is 11.3 Å². The van der Waals surface area contributed by atoms with Crippen LogP contribution >= 0.6 is 0 Å². The van der Waals surface area contributed by atoms with E-state index in [1.807, 2.05) is 18.2 Å². The second-order valence-electron chi connectivity index (χ2n) is 2.89. The Bertz CT molecular complexity index is 413. The van der Waals surface area contributed by atoms with E-state index in [1.54, 1.807) is 18.6 Å². The fourth-order valence-corrected chi connectivity index (χ4v) is 1.18. The maximum absolute atomic E-state index is 5.52. The minimum Gasteiger partial charge on any atom is -0.326 e.